The van der Waals surface area contributed by atoms with Gasteiger partial charge in [-0.1, -0.05) is 89.3 Å². The summed E-state index contributed by atoms with van der Waals surface area (Å²) < 4.78 is 11.9. The number of rotatable bonds is 10. The number of halogens is 1. The van der Waals surface area contributed by atoms with E-state index in [4.69, 9.17) is 20.8 Å². The van der Waals surface area contributed by atoms with Crippen LogP contribution in [0, 0.1) is 0 Å². The molecule has 0 bridgehead atoms. The molecular formula is C31H22ClN3O5S2. The molecule has 210 valence electrons. The minimum absolute atomic E-state index is 0.00971. The number of aliphatic hydroxyl groups is 1. The van der Waals surface area contributed by atoms with Gasteiger partial charge in [-0.05, 0) is 53.1 Å². The van der Waals surface area contributed by atoms with Crippen LogP contribution in [0.25, 0.3) is 0 Å². The first-order valence-corrected chi connectivity index (χ1v) is 15.0. The van der Waals surface area contributed by atoms with Gasteiger partial charge in [0.1, 0.15) is 12.4 Å². The lowest BCUT2D eigenvalue weighted by Crippen LogP contribution is -2.31. The van der Waals surface area contributed by atoms with Gasteiger partial charge < -0.3 is 14.3 Å². The summed E-state index contributed by atoms with van der Waals surface area (Å²) in [6.45, 7) is 0.387. The van der Waals surface area contributed by atoms with Gasteiger partial charge >= 0.3 is 0 Å². The van der Waals surface area contributed by atoms with Crippen molar-refractivity contribution in [1.82, 2.24) is 10.2 Å². The van der Waals surface area contributed by atoms with Gasteiger partial charge in [-0.2, -0.15) is 0 Å². The van der Waals surface area contributed by atoms with Crippen molar-refractivity contribution in [2.24, 2.45) is 0 Å². The Labute approximate surface area is 254 Å². The molecule has 42 heavy (non-hydrogen) atoms. The minimum Gasteiger partial charge on any atom is -0.503 e. The van der Waals surface area contributed by atoms with Crippen LogP contribution >= 0.6 is 34.7 Å². The van der Waals surface area contributed by atoms with Crippen LogP contribution in [0.5, 0.6) is 5.75 Å². The van der Waals surface area contributed by atoms with Gasteiger partial charge in [-0.25, -0.2) is 0 Å². The van der Waals surface area contributed by atoms with Crippen molar-refractivity contribution in [3.63, 3.8) is 0 Å². The Morgan fingerprint density at radius 2 is 1.74 bits per heavy atom. The molecule has 1 amide bonds. The van der Waals surface area contributed by atoms with E-state index in [-0.39, 0.29) is 16.5 Å². The molecule has 3 heterocycles. The fraction of sp³-hybridized carbons (Fsp3) is 0.0968. The molecule has 0 spiro atoms. The minimum atomic E-state index is -0.958. The second-order valence-electron chi connectivity index (χ2n) is 9.26. The second-order valence-corrected chi connectivity index (χ2v) is 11.9. The molecular weight excluding hydrogens is 594 g/mol. The number of Topliss-reactive ketones (excluding diaryl/α,β-unsaturated/α-hetero) is 1. The van der Waals surface area contributed by atoms with E-state index in [2.05, 4.69) is 10.2 Å². The molecule has 1 aliphatic heterocycles. The lowest BCUT2D eigenvalue weighted by Gasteiger charge is -2.24. The molecule has 0 fully saturated rings. The average molecular weight is 616 g/mol. The van der Waals surface area contributed by atoms with E-state index in [1.807, 2.05) is 54.6 Å². The van der Waals surface area contributed by atoms with E-state index in [0.717, 1.165) is 11.1 Å². The van der Waals surface area contributed by atoms with Crippen molar-refractivity contribution in [3.8, 4) is 5.75 Å². The van der Waals surface area contributed by atoms with Crippen LogP contribution in [0.1, 0.15) is 33.3 Å². The summed E-state index contributed by atoms with van der Waals surface area (Å²) in [5.74, 6) is -0.747. The lowest BCUT2D eigenvalue weighted by atomic mass is 9.95. The number of anilines is 1. The van der Waals surface area contributed by atoms with E-state index < -0.39 is 23.5 Å². The summed E-state index contributed by atoms with van der Waals surface area (Å²) >= 11 is 8.64. The number of ketones is 1. The maximum Gasteiger partial charge on any atom is 0.296 e. The first-order chi connectivity index (χ1) is 20.5. The summed E-state index contributed by atoms with van der Waals surface area (Å²) in [5.41, 5.74) is 2.56. The zero-order valence-electron chi connectivity index (χ0n) is 21.8. The summed E-state index contributed by atoms with van der Waals surface area (Å²) in [4.78, 5) is 28.2. The number of amides is 1. The number of thioether (sulfide) groups is 1. The molecule has 1 aliphatic rings. The monoisotopic (exact) mass is 615 g/mol. The van der Waals surface area contributed by atoms with Gasteiger partial charge in [0.25, 0.3) is 5.91 Å². The zero-order valence-corrected chi connectivity index (χ0v) is 24.2. The molecule has 6 rings (SSSR count). The van der Waals surface area contributed by atoms with Crippen LogP contribution in [0.2, 0.25) is 5.02 Å². The van der Waals surface area contributed by atoms with E-state index in [9.17, 15) is 14.7 Å². The Morgan fingerprint density at radius 1 is 0.976 bits per heavy atom. The number of benzene rings is 3. The molecule has 0 saturated carbocycles. The Morgan fingerprint density at radius 3 is 2.45 bits per heavy atom. The maximum absolute atomic E-state index is 13.5. The van der Waals surface area contributed by atoms with Crippen LogP contribution in [-0.2, 0) is 17.2 Å². The number of nitrogens with zero attached hydrogens (tertiary/aromatic N) is 3. The second kappa shape index (κ2) is 12.2. The van der Waals surface area contributed by atoms with Crippen molar-refractivity contribution < 1.29 is 23.8 Å². The fourth-order valence-electron chi connectivity index (χ4n) is 4.46. The van der Waals surface area contributed by atoms with E-state index >= 15 is 0 Å². The number of hydrogen-bond donors (Lipinski definition) is 1. The lowest BCUT2D eigenvalue weighted by molar-refractivity contribution is -0.117. The van der Waals surface area contributed by atoms with Crippen molar-refractivity contribution in [2.45, 2.75) is 22.7 Å². The van der Waals surface area contributed by atoms with Crippen molar-refractivity contribution in [2.75, 3.05) is 4.90 Å². The first kappa shape index (κ1) is 27.8. The number of hydrogen-bond acceptors (Lipinski definition) is 9. The number of ether oxygens (including phenoxy) is 1. The molecule has 0 aliphatic carbocycles. The largest absolute Gasteiger partial charge is 0.503 e. The molecule has 11 heteroatoms. The average Bonchev–Trinajstić information content (AvgIpc) is 3.77. The molecule has 0 radical (unpaired) electrons. The number of carbonyl (C=O) groups is 2. The molecule has 0 saturated heterocycles. The summed E-state index contributed by atoms with van der Waals surface area (Å²) in [6.07, 6.45) is 1.36. The Hall–Kier alpha value is -4.38. The number of aromatic nitrogens is 2. The molecule has 1 N–H and O–H groups in total. The molecule has 1 unspecified atom stereocenters. The molecule has 3 aromatic carbocycles. The highest BCUT2D eigenvalue weighted by Crippen LogP contribution is 2.44. The quantitative estimate of drug-likeness (QED) is 0.0981. The highest BCUT2D eigenvalue weighted by Gasteiger charge is 2.46. The van der Waals surface area contributed by atoms with Gasteiger partial charge in [-0.3, -0.25) is 14.5 Å². The SMILES string of the molecule is O=C(C1=C(O)C(=O)N(c2nnc(SCc3ccc(Cl)cc3)s2)C1c1ccc(OCc2ccccc2)cc1)c1ccco1. The predicted molar refractivity (Wildman–Crippen MR) is 161 cm³/mol. The molecule has 8 nitrogen and oxygen atoms in total. The third-order valence-corrected chi connectivity index (χ3v) is 8.90. The van der Waals surface area contributed by atoms with Crippen LogP contribution in [0.3, 0.4) is 0 Å². The van der Waals surface area contributed by atoms with Crippen LogP contribution in [0.15, 0.2) is 117 Å². The highest BCUT2D eigenvalue weighted by atomic mass is 35.5. The highest BCUT2D eigenvalue weighted by molar-refractivity contribution is 8.00. The van der Waals surface area contributed by atoms with Gasteiger partial charge in [-0.15, -0.1) is 10.2 Å². The third kappa shape index (κ3) is 5.82. The van der Waals surface area contributed by atoms with E-state index in [0.29, 0.717) is 33.0 Å². The number of furan rings is 1. The van der Waals surface area contributed by atoms with Crippen molar-refractivity contribution in [3.05, 3.63) is 136 Å². The number of carbonyl (C=O) groups excluding carboxylic acids is 2. The Balaban J connectivity index is 1.28. The topological polar surface area (TPSA) is 106 Å². The Kier molecular flexibility index (Phi) is 8.09. The van der Waals surface area contributed by atoms with Gasteiger partial charge in [0, 0.05) is 10.8 Å². The van der Waals surface area contributed by atoms with Crippen molar-refractivity contribution >= 4 is 51.5 Å². The Bertz CT molecular complexity index is 1740. The summed E-state index contributed by atoms with van der Waals surface area (Å²) in [7, 11) is 0. The standard InChI is InChI=1S/C31H22ClN3O5S2/c32-22-12-8-20(9-13-22)18-41-31-34-33-30(42-31)35-26(25(28(37)29(35)38)27(36)24-7-4-16-39-24)21-10-14-23(15-11-21)40-17-19-5-2-1-3-6-19/h1-16,26,37H,17-18H2. The molecule has 1 atom stereocenters. The van der Waals surface area contributed by atoms with Crippen LogP contribution < -0.4 is 9.64 Å². The molecule has 2 aromatic heterocycles. The summed E-state index contributed by atoms with van der Waals surface area (Å²) in [5, 5.41) is 20.4. The maximum atomic E-state index is 13.5. The van der Waals surface area contributed by atoms with E-state index in [1.165, 1.54) is 40.3 Å². The van der Waals surface area contributed by atoms with Crippen LogP contribution in [0.4, 0.5) is 5.13 Å². The van der Waals surface area contributed by atoms with Crippen LogP contribution in [-0.4, -0.2) is 27.0 Å². The van der Waals surface area contributed by atoms with Crippen molar-refractivity contribution in [1.29, 1.82) is 0 Å². The number of aliphatic hydroxyl groups excluding tert-OH is 1. The normalized spacial score (nSPS) is 14.9. The smallest absolute Gasteiger partial charge is 0.296 e. The first-order valence-electron chi connectivity index (χ1n) is 12.8. The predicted octanol–water partition coefficient (Wildman–Crippen LogP) is 7.44. The third-order valence-electron chi connectivity index (χ3n) is 6.52. The van der Waals surface area contributed by atoms with Gasteiger partial charge in [0.15, 0.2) is 15.9 Å². The van der Waals surface area contributed by atoms with E-state index in [1.54, 1.807) is 30.3 Å². The van der Waals surface area contributed by atoms with Gasteiger partial charge in [0.2, 0.25) is 10.9 Å². The summed E-state index contributed by atoms with van der Waals surface area (Å²) in [6, 6.07) is 26.4. The zero-order chi connectivity index (χ0) is 29.1. The fourth-order valence-corrected chi connectivity index (χ4v) is 6.41. The van der Waals surface area contributed by atoms with Gasteiger partial charge in [0.05, 0.1) is 17.9 Å². The molecule has 5 aromatic rings.